The number of hydrogen-bond acceptors (Lipinski definition) is 35. The van der Waals surface area contributed by atoms with E-state index in [1.165, 1.54) is 0 Å². The lowest BCUT2D eigenvalue weighted by molar-refractivity contribution is -0.218. The number of unbranched alkanes of at least 4 members (excludes halogenated alkanes) is 2. The molecule has 9 rings (SSSR count). The quantitative estimate of drug-likeness (QED) is 0.0151. The topological polar surface area (TPSA) is 502 Å². The Morgan fingerprint density at radius 2 is 0.645 bits per heavy atom. The molecule has 9 heterocycles. The molecule has 0 aromatic rings. The van der Waals surface area contributed by atoms with E-state index in [9.17, 15) is 73.1 Å². The molecule has 7 N–H and O–H groups in total. The van der Waals surface area contributed by atoms with Crippen LogP contribution in [0.15, 0.2) is 5.11 Å². The molecule has 9 saturated heterocycles. The molecule has 0 aromatic carbocycles. The van der Waals surface area contributed by atoms with Crippen molar-refractivity contribution in [1.29, 1.82) is 0 Å². The van der Waals surface area contributed by atoms with E-state index in [-0.39, 0.29) is 241 Å². The summed E-state index contributed by atoms with van der Waals surface area (Å²) in [4.78, 5) is 91.2. The van der Waals surface area contributed by atoms with Gasteiger partial charge in [-0.2, -0.15) is 39.5 Å². The van der Waals surface area contributed by atoms with Crippen molar-refractivity contribution in [2.45, 2.75) is 257 Å². The fourth-order valence-electron chi connectivity index (χ4n) is 16.4. The highest BCUT2D eigenvalue weighted by Gasteiger charge is 2.70. The van der Waals surface area contributed by atoms with Gasteiger partial charge >= 0.3 is 36.3 Å². The van der Waals surface area contributed by atoms with Crippen LogP contribution in [-0.2, 0) is 161 Å². The summed E-state index contributed by atoms with van der Waals surface area (Å²) in [5.74, 6) is -11.4. The van der Waals surface area contributed by atoms with E-state index in [1.807, 2.05) is 16.0 Å². The summed E-state index contributed by atoms with van der Waals surface area (Å²) >= 11 is 0. The Balaban J connectivity index is 0.619. The van der Waals surface area contributed by atoms with Gasteiger partial charge < -0.3 is 165 Å². The molecule has 138 heavy (non-hydrogen) atoms. The molecule has 0 aliphatic carbocycles. The van der Waals surface area contributed by atoms with Crippen molar-refractivity contribution >= 4 is 41.4 Å². The van der Waals surface area contributed by atoms with Gasteiger partial charge in [0.25, 0.3) is 0 Å². The van der Waals surface area contributed by atoms with Crippen LogP contribution in [0.1, 0.15) is 125 Å². The van der Waals surface area contributed by atoms with Crippen LogP contribution in [0.2, 0.25) is 0 Å². The van der Waals surface area contributed by atoms with Crippen LogP contribution in [0.5, 0.6) is 0 Å². The Morgan fingerprint density at radius 3 is 1.01 bits per heavy atom. The largest absolute Gasteiger partial charge is 0.471 e. The Labute approximate surface area is 793 Å². The normalized spacial score (nSPS) is 27.2. The lowest BCUT2D eigenvalue weighted by Gasteiger charge is -2.42. The first-order chi connectivity index (χ1) is 65.8. The monoisotopic (exact) mass is 2010 g/mol. The van der Waals surface area contributed by atoms with Gasteiger partial charge in [0.2, 0.25) is 23.6 Å². The van der Waals surface area contributed by atoms with Crippen molar-refractivity contribution in [2.24, 2.45) is 5.11 Å². The molecular formula is C85H137F9N10O34. The molecule has 16 atom stereocenters. The fourth-order valence-corrected chi connectivity index (χ4v) is 16.4. The molecule has 53 heteroatoms. The molecule has 9 aliphatic heterocycles. The highest BCUT2D eigenvalue weighted by molar-refractivity contribution is 5.83. The standard InChI is InChI=1S/C85H137F9N10O34/c1-76(2)130-64-61(100-73(109)83(86,87)88)70-127-54-80(136-70,67(64)133-76)18-34-115-30-13-29-114-28-12-27-113-26-11-25-112-24-10-20-96-57(105)15-31-123-50-79(103-60(108)14-8-7-9-21-99-104-95,52-125-33-17-59(107)98-23-37-118-40-43-121-46-47-122-48-49-126-53-82-56-129-72(138-82)63(102-75(111)85(92,93)94)66-69(82)135-78(5,6)132-66)51-124-32-16-58(106)97-22-36-117-39-42-120-45-44-119-41-38-116-35-19-81-55-128-71(137-81)62(101-74(110)84(89,90)91)65-68(81)134-77(3,4)131-65/h61-72H,7-56H2,1-6H3,(H,96,105)(H,97,106)(H,98,107)(H,100,109)(H,101,110)(H,102,111)(H,103,108)/t61-,62-,63-,64-,65-,66-,67-,68-,69-,70+,71+,72+,79?,80+,81+,82+/m1/s1. The molecule has 0 saturated carbocycles. The second-order valence-corrected chi connectivity index (χ2v) is 35.4. The van der Waals surface area contributed by atoms with E-state index in [0.717, 1.165) is 0 Å². The number of fused-ring (bicyclic) bond motifs is 12. The second kappa shape index (κ2) is 57.0. The summed E-state index contributed by atoms with van der Waals surface area (Å²) < 4.78 is 276. The van der Waals surface area contributed by atoms with Gasteiger partial charge in [-0.15, -0.1) is 0 Å². The van der Waals surface area contributed by atoms with E-state index in [0.29, 0.717) is 104 Å². The van der Waals surface area contributed by atoms with Gasteiger partial charge in [0, 0.05) is 129 Å². The summed E-state index contributed by atoms with van der Waals surface area (Å²) in [6, 6.07) is -3.80. The number of halogens is 9. The molecule has 0 spiro atoms. The van der Waals surface area contributed by atoms with Gasteiger partial charge in [-0.25, -0.2) is 0 Å². The molecule has 44 nitrogen and oxygen atoms in total. The number of carbonyl (C=O) groups excluding carboxylic acids is 7. The molecule has 0 radical (unpaired) electrons. The summed E-state index contributed by atoms with van der Waals surface area (Å²) in [6.07, 6.45) is -20.2. The van der Waals surface area contributed by atoms with E-state index in [4.69, 9.17) is 133 Å². The molecule has 7 amide bonds. The van der Waals surface area contributed by atoms with Crippen molar-refractivity contribution in [3.05, 3.63) is 10.4 Å². The number of rotatable bonds is 73. The highest BCUT2D eigenvalue weighted by atomic mass is 19.4. The average molecular weight is 2010 g/mol. The van der Waals surface area contributed by atoms with Gasteiger partial charge in [0.05, 0.1) is 159 Å². The molecular weight excluding hydrogens is 1880 g/mol. The van der Waals surface area contributed by atoms with E-state index < -0.39 is 155 Å². The third kappa shape index (κ3) is 38.1. The number of azide groups is 1. The molecule has 9 aliphatic rings. The zero-order valence-corrected chi connectivity index (χ0v) is 78.9. The van der Waals surface area contributed by atoms with E-state index in [1.54, 1.807) is 41.5 Å². The van der Waals surface area contributed by atoms with Crippen molar-refractivity contribution in [1.82, 2.24) is 37.2 Å². The number of alkyl halides is 9. The predicted molar refractivity (Wildman–Crippen MR) is 452 cm³/mol. The van der Waals surface area contributed by atoms with E-state index >= 15 is 0 Å². The summed E-state index contributed by atoms with van der Waals surface area (Å²) in [6.45, 7) is 15.5. The van der Waals surface area contributed by atoms with Gasteiger partial charge in [-0.05, 0) is 85.6 Å². The van der Waals surface area contributed by atoms with Crippen molar-refractivity contribution < 1.29 is 201 Å². The second-order valence-electron chi connectivity index (χ2n) is 35.4. The summed E-state index contributed by atoms with van der Waals surface area (Å²) in [7, 11) is 0. The zero-order valence-electron chi connectivity index (χ0n) is 78.9. The van der Waals surface area contributed by atoms with Crippen molar-refractivity contribution in [3.63, 3.8) is 0 Å². The van der Waals surface area contributed by atoms with Crippen molar-refractivity contribution in [2.75, 3.05) is 244 Å². The first-order valence-corrected chi connectivity index (χ1v) is 46.7. The number of ether oxygens (including phenoxy) is 27. The summed E-state index contributed by atoms with van der Waals surface area (Å²) in [5.41, 5.74) is 3.98. The third-order valence-corrected chi connectivity index (χ3v) is 22.8. The average Bonchev–Trinajstić information content (AvgIpc) is 1.57. The van der Waals surface area contributed by atoms with Crippen LogP contribution in [0.25, 0.3) is 10.4 Å². The minimum absolute atomic E-state index is 0.0154. The SMILES string of the molecule is CC1(C)O[C@@H]2[C@@H](NC(=O)C(F)(F)F)[C@H]3OC[C@](CCOCCCOCCCOCCCOCCCNC(=O)CCOCC(COCCC(=O)NCCOCCOCCOCCOCC[C@@]45CO[C@@H](O4)[C@H](NC(=O)C(F)(F)F)[C@H]4OC(C)(C)O[C@H]45)(COCCC(=O)NCCOCCOCCOCCOC[C@@]45CO[C@@H](O4)[C@H](NC(=O)C(F)(F)F)[C@H]4OC(C)(C)O[C@H]45)NC(=O)CCCCCN=[N+]=[N-])(O3)[C@@H]2O1. The molecule has 0 aromatic heterocycles. The molecule has 9 fully saturated rings. The smallest absolute Gasteiger partial charge is 0.381 e. The van der Waals surface area contributed by atoms with Gasteiger partial charge in [-0.1, -0.05) is 11.5 Å². The maximum Gasteiger partial charge on any atom is 0.471 e. The van der Waals surface area contributed by atoms with Crippen LogP contribution in [0.3, 0.4) is 0 Å². The van der Waals surface area contributed by atoms with E-state index in [2.05, 4.69) is 31.3 Å². The molecule has 6 bridgehead atoms. The Hall–Kier alpha value is -6.11. The first-order valence-electron chi connectivity index (χ1n) is 46.7. The molecule has 1 unspecified atom stereocenters. The Bertz CT molecular complexity index is 3730. The fraction of sp³-hybridized carbons (Fsp3) is 0.918. The summed E-state index contributed by atoms with van der Waals surface area (Å²) in [5, 5.41) is 20.8. The third-order valence-electron chi connectivity index (χ3n) is 22.8. The van der Waals surface area contributed by atoms with Gasteiger partial charge in [0.1, 0.15) is 77.1 Å². The molecule has 794 valence electrons. The number of nitrogens with zero attached hydrogens (tertiary/aromatic N) is 3. The minimum atomic E-state index is -5.14. The number of amides is 7. The highest BCUT2D eigenvalue weighted by Crippen LogP contribution is 2.51. The number of nitrogens with one attached hydrogen (secondary N) is 7. The maximum atomic E-state index is 13.8. The van der Waals surface area contributed by atoms with Crippen LogP contribution >= 0.6 is 0 Å². The number of hydrogen-bond donors (Lipinski definition) is 7. The lowest BCUT2D eigenvalue weighted by Crippen LogP contribution is -2.66. The maximum absolute atomic E-state index is 13.8. The van der Waals surface area contributed by atoms with Crippen LogP contribution in [0, 0.1) is 0 Å². The first kappa shape index (κ1) is 115. The zero-order chi connectivity index (χ0) is 99.8. The Kier molecular flexibility index (Phi) is 47.7. The predicted octanol–water partition coefficient (Wildman–Crippen LogP) is 2.90. The number of carbonyl (C=O) groups is 7. The van der Waals surface area contributed by atoms with Gasteiger partial charge in [0.15, 0.2) is 36.2 Å². The van der Waals surface area contributed by atoms with Crippen LogP contribution < -0.4 is 37.2 Å². The minimum Gasteiger partial charge on any atom is -0.381 e. The van der Waals surface area contributed by atoms with Crippen molar-refractivity contribution in [3.8, 4) is 0 Å². The lowest BCUT2D eigenvalue weighted by atomic mass is 9.85. The Morgan fingerprint density at radius 1 is 0.333 bits per heavy atom. The van der Waals surface area contributed by atoms with Gasteiger partial charge in [-0.3, -0.25) is 33.6 Å². The van der Waals surface area contributed by atoms with Crippen LogP contribution in [-0.4, -0.2) is 417 Å². The van der Waals surface area contributed by atoms with Crippen LogP contribution in [0.4, 0.5) is 39.5 Å².